The number of hydrogen-bond acceptors (Lipinski definition) is 1. The Morgan fingerprint density at radius 1 is 0.391 bits per heavy atom. The highest BCUT2D eigenvalue weighted by atomic mass is 16.5. The molecule has 46 heavy (non-hydrogen) atoms. The standard InChI is InChI=1S/C45H28O/c1-2-15-32(16-3-1)45(39-22-9-7-19-36(39)44-34-18-5-4-12-29(34)24-26-40(44)45)38-21-8-6-17-33(38)31-25-27-41-37(28-31)35-20-10-13-30-14-11-23-42(46-41)43(30)35/h1-28H. The van der Waals surface area contributed by atoms with Crippen LogP contribution in [0.4, 0.5) is 0 Å². The summed E-state index contributed by atoms with van der Waals surface area (Å²) >= 11 is 0. The van der Waals surface area contributed by atoms with Gasteiger partial charge in [-0.3, -0.25) is 0 Å². The Morgan fingerprint density at radius 2 is 1.07 bits per heavy atom. The highest BCUT2D eigenvalue weighted by molar-refractivity contribution is 6.06. The maximum absolute atomic E-state index is 6.49. The van der Waals surface area contributed by atoms with E-state index in [9.17, 15) is 0 Å². The Kier molecular flexibility index (Phi) is 5.27. The molecule has 0 N–H and O–H groups in total. The molecule has 0 spiro atoms. The van der Waals surface area contributed by atoms with Crippen molar-refractivity contribution in [1.29, 1.82) is 0 Å². The molecular formula is C45H28O. The molecule has 0 fully saturated rings. The van der Waals surface area contributed by atoms with Crippen LogP contribution in [-0.2, 0) is 5.41 Å². The van der Waals surface area contributed by atoms with Gasteiger partial charge in [0.1, 0.15) is 11.5 Å². The molecule has 2 aliphatic rings. The third kappa shape index (κ3) is 3.35. The molecule has 1 unspecified atom stereocenters. The minimum absolute atomic E-state index is 0.507. The van der Waals surface area contributed by atoms with Crippen molar-refractivity contribution in [1.82, 2.24) is 0 Å². The molecule has 10 rings (SSSR count). The summed E-state index contributed by atoms with van der Waals surface area (Å²) in [5.41, 5.74) is 12.1. The van der Waals surface area contributed by atoms with Crippen LogP contribution in [0.3, 0.4) is 0 Å². The lowest BCUT2D eigenvalue weighted by molar-refractivity contribution is 0.487. The zero-order valence-corrected chi connectivity index (χ0v) is 25.1. The predicted molar refractivity (Wildman–Crippen MR) is 190 cm³/mol. The first-order valence-electron chi connectivity index (χ1n) is 15.9. The van der Waals surface area contributed by atoms with Crippen molar-refractivity contribution >= 4 is 21.5 Å². The molecule has 1 atom stereocenters. The molecular weight excluding hydrogens is 556 g/mol. The molecule has 0 amide bonds. The van der Waals surface area contributed by atoms with Gasteiger partial charge in [0, 0.05) is 10.9 Å². The Morgan fingerprint density at radius 3 is 1.93 bits per heavy atom. The molecule has 1 nitrogen and oxygen atoms in total. The Balaban J connectivity index is 1.29. The van der Waals surface area contributed by atoms with Crippen LogP contribution < -0.4 is 4.74 Å². The van der Waals surface area contributed by atoms with Gasteiger partial charge in [-0.05, 0) is 84.4 Å². The summed E-state index contributed by atoms with van der Waals surface area (Å²) in [5.74, 6) is 1.82. The van der Waals surface area contributed by atoms with E-state index in [0.717, 1.165) is 17.1 Å². The number of fused-ring (bicyclic) bond motifs is 7. The Labute approximate surface area is 268 Å². The summed E-state index contributed by atoms with van der Waals surface area (Å²) in [6.07, 6.45) is 0. The second-order valence-electron chi connectivity index (χ2n) is 12.4. The van der Waals surface area contributed by atoms with Crippen LogP contribution in [0.25, 0.3) is 54.9 Å². The van der Waals surface area contributed by atoms with Crippen LogP contribution in [-0.4, -0.2) is 0 Å². The Hall–Kier alpha value is -5.92. The van der Waals surface area contributed by atoms with E-state index in [1.54, 1.807) is 0 Å². The summed E-state index contributed by atoms with van der Waals surface area (Å²) in [6.45, 7) is 0. The summed E-state index contributed by atoms with van der Waals surface area (Å²) in [5, 5.41) is 4.92. The summed E-state index contributed by atoms with van der Waals surface area (Å²) in [7, 11) is 0. The van der Waals surface area contributed by atoms with Gasteiger partial charge in [-0.15, -0.1) is 0 Å². The number of rotatable bonds is 3. The van der Waals surface area contributed by atoms with E-state index in [0.29, 0.717) is 0 Å². The molecule has 1 aliphatic heterocycles. The van der Waals surface area contributed by atoms with Gasteiger partial charge < -0.3 is 4.74 Å². The van der Waals surface area contributed by atoms with Crippen molar-refractivity contribution in [3.8, 4) is 44.9 Å². The third-order valence-electron chi connectivity index (χ3n) is 10.1. The van der Waals surface area contributed by atoms with E-state index in [4.69, 9.17) is 4.74 Å². The highest BCUT2D eigenvalue weighted by Crippen LogP contribution is 2.59. The maximum atomic E-state index is 6.49. The molecule has 214 valence electrons. The number of hydrogen-bond donors (Lipinski definition) is 0. The van der Waals surface area contributed by atoms with Crippen LogP contribution in [0.5, 0.6) is 11.5 Å². The fourth-order valence-electron chi connectivity index (χ4n) is 8.29. The van der Waals surface area contributed by atoms with Crippen LogP contribution >= 0.6 is 0 Å². The van der Waals surface area contributed by atoms with Crippen LogP contribution in [0.1, 0.15) is 22.3 Å². The molecule has 0 radical (unpaired) electrons. The minimum Gasteiger partial charge on any atom is -0.456 e. The fraction of sp³-hybridized carbons (Fsp3) is 0.0222. The average Bonchev–Trinajstić information content (AvgIpc) is 3.44. The Bertz CT molecular complexity index is 2500. The van der Waals surface area contributed by atoms with Crippen molar-refractivity contribution < 1.29 is 4.74 Å². The quantitative estimate of drug-likeness (QED) is 0.201. The lowest BCUT2D eigenvalue weighted by atomic mass is 9.65. The van der Waals surface area contributed by atoms with E-state index < -0.39 is 5.41 Å². The normalized spacial score (nSPS) is 15.7. The molecule has 0 saturated carbocycles. The monoisotopic (exact) mass is 584 g/mol. The number of ether oxygens (including phenoxy) is 1. The maximum Gasteiger partial charge on any atom is 0.135 e. The topological polar surface area (TPSA) is 9.23 Å². The average molecular weight is 585 g/mol. The highest BCUT2D eigenvalue weighted by Gasteiger charge is 2.47. The SMILES string of the molecule is c1ccc(C2(c3ccccc3-c3ccc4c(c3)-c3cccc5cccc(c35)O4)c3ccccc3-c3c2ccc2ccccc32)cc1. The second-order valence-corrected chi connectivity index (χ2v) is 12.4. The van der Waals surface area contributed by atoms with Crippen molar-refractivity contribution in [3.63, 3.8) is 0 Å². The summed E-state index contributed by atoms with van der Waals surface area (Å²) < 4.78 is 6.49. The van der Waals surface area contributed by atoms with Gasteiger partial charge in [-0.25, -0.2) is 0 Å². The summed E-state index contributed by atoms with van der Waals surface area (Å²) in [4.78, 5) is 0. The fourth-order valence-corrected chi connectivity index (χ4v) is 8.29. The first-order chi connectivity index (χ1) is 22.8. The van der Waals surface area contributed by atoms with Gasteiger partial charge >= 0.3 is 0 Å². The molecule has 0 bridgehead atoms. The van der Waals surface area contributed by atoms with Crippen molar-refractivity contribution in [2.75, 3.05) is 0 Å². The van der Waals surface area contributed by atoms with Gasteiger partial charge in [0.25, 0.3) is 0 Å². The predicted octanol–water partition coefficient (Wildman–Crippen LogP) is 11.8. The van der Waals surface area contributed by atoms with Crippen molar-refractivity contribution in [2.24, 2.45) is 0 Å². The largest absolute Gasteiger partial charge is 0.456 e. The lowest BCUT2D eigenvalue weighted by Gasteiger charge is -2.35. The molecule has 1 heterocycles. The van der Waals surface area contributed by atoms with Crippen LogP contribution in [0.2, 0.25) is 0 Å². The molecule has 0 aromatic heterocycles. The van der Waals surface area contributed by atoms with Crippen molar-refractivity contribution in [2.45, 2.75) is 5.41 Å². The van der Waals surface area contributed by atoms with E-state index in [-0.39, 0.29) is 0 Å². The molecule has 1 aliphatic carbocycles. The molecule has 1 heteroatoms. The molecule has 8 aromatic rings. The summed E-state index contributed by atoms with van der Waals surface area (Å²) in [6, 6.07) is 62.1. The zero-order valence-electron chi connectivity index (χ0n) is 25.1. The van der Waals surface area contributed by atoms with Gasteiger partial charge in [0.15, 0.2) is 0 Å². The van der Waals surface area contributed by atoms with E-state index in [1.165, 1.54) is 71.6 Å². The smallest absolute Gasteiger partial charge is 0.135 e. The van der Waals surface area contributed by atoms with Gasteiger partial charge in [0.2, 0.25) is 0 Å². The first-order valence-corrected chi connectivity index (χ1v) is 15.9. The van der Waals surface area contributed by atoms with Gasteiger partial charge in [-0.1, -0.05) is 152 Å². The van der Waals surface area contributed by atoms with E-state index >= 15 is 0 Å². The lowest BCUT2D eigenvalue weighted by Crippen LogP contribution is -2.29. The van der Waals surface area contributed by atoms with Crippen LogP contribution in [0, 0.1) is 0 Å². The van der Waals surface area contributed by atoms with Gasteiger partial charge in [-0.2, -0.15) is 0 Å². The second kappa shape index (κ2) is 9.54. The van der Waals surface area contributed by atoms with E-state index in [2.05, 4.69) is 170 Å². The van der Waals surface area contributed by atoms with Crippen molar-refractivity contribution in [3.05, 3.63) is 192 Å². The van der Waals surface area contributed by atoms with E-state index in [1.807, 2.05) is 0 Å². The first kappa shape index (κ1) is 25.4. The van der Waals surface area contributed by atoms with Crippen LogP contribution in [0.15, 0.2) is 170 Å². The zero-order chi connectivity index (χ0) is 30.2. The molecule has 0 saturated heterocycles. The third-order valence-corrected chi connectivity index (χ3v) is 10.1. The van der Waals surface area contributed by atoms with Gasteiger partial charge in [0.05, 0.1) is 5.41 Å². The minimum atomic E-state index is -0.507. The number of benzene rings is 8. The molecule has 8 aromatic carbocycles.